The van der Waals surface area contributed by atoms with Gasteiger partial charge in [0.15, 0.2) is 0 Å². The lowest BCUT2D eigenvalue weighted by Crippen LogP contribution is -2.26. The lowest BCUT2D eigenvalue weighted by atomic mass is 10.0. The summed E-state index contributed by atoms with van der Waals surface area (Å²) in [5.74, 6) is 1.44. The Balaban J connectivity index is 1.40. The molecule has 1 aliphatic heterocycles. The molecule has 7 nitrogen and oxygen atoms in total. The smallest absolute Gasteiger partial charge is 0.213 e. The summed E-state index contributed by atoms with van der Waals surface area (Å²) >= 11 is 1.68. The third-order valence-electron chi connectivity index (χ3n) is 5.91. The van der Waals surface area contributed by atoms with Gasteiger partial charge >= 0.3 is 0 Å². The second kappa shape index (κ2) is 9.23. The van der Waals surface area contributed by atoms with Crippen LogP contribution in [0.2, 0.25) is 0 Å². The summed E-state index contributed by atoms with van der Waals surface area (Å²) in [5, 5.41) is 22.4. The molecule has 0 fully saturated rings. The Morgan fingerprint density at radius 2 is 1.63 bits per heavy atom. The number of rotatable bonds is 6. The number of methoxy groups -OCH3 is 1. The van der Waals surface area contributed by atoms with Gasteiger partial charge in [-0.05, 0) is 47.9 Å². The molecular weight excluding hydrogens is 456 g/mol. The largest absolute Gasteiger partial charge is 0.497 e. The Morgan fingerprint density at radius 1 is 0.886 bits per heavy atom. The second-order valence-electron chi connectivity index (χ2n) is 8.16. The molecule has 0 spiro atoms. The van der Waals surface area contributed by atoms with Crippen LogP contribution in [-0.4, -0.2) is 43.1 Å². The number of nitrogens with one attached hydrogen (secondary N) is 1. The third kappa shape index (κ3) is 4.24. The Kier molecular flexibility index (Phi) is 5.64. The molecule has 0 amide bonds. The minimum Gasteiger partial charge on any atom is -0.497 e. The molecule has 0 radical (unpaired) electrons. The Morgan fingerprint density at radius 3 is 2.37 bits per heavy atom. The molecule has 0 bridgehead atoms. The quantitative estimate of drug-likeness (QED) is 0.358. The van der Waals surface area contributed by atoms with Crippen LogP contribution in [0.1, 0.15) is 11.1 Å². The van der Waals surface area contributed by atoms with E-state index in [4.69, 9.17) is 9.84 Å². The predicted octanol–water partition coefficient (Wildman–Crippen LogP) is 5.31. The van der Waals surface area contributed by atoms with Crippen LogP contribution in [0, 0.1) is 0 Å². The fraction of sp³-hybridized carbons (Fsp3) is 0.111. The van der Waals surface area contributed by atoms with Gasteiger partial charge in [0.05, 0.1) is 23.8 Å². The summed E-state index contributed by atoms with van der Waals surface area (Å²) in [6.07, 6.45) is 0.834. The van der Waals surface area contributed by atoms with Gasteiger partial charge in [-0.15, -0.1) is 10.2 Å². The molecule has 0 saturated carbocycles. The molecule has 172 valence electrons. The number of H-pyrrole nitrogens is 1. The molecule has 3 aromatic carbocycles. The van der Waals surface area contributed by atoms with Crippen molar-refractivity contribution < 1.29 is 4.74 Å². The third-order valence-corrected chi connectivity index (χ3v) is 7.05. The van der Waals surface area contributed by atoms with Crippen LogP contribution in [0.15, 0.2) is 101 Å². The van der Waals surface area contributed by atoms with E-state index in [-0.39, 0.29) is 5.25 Å². The summed E-state index contributed by atoms with van der Waals surface area (Å²) in [5.41, 5.74) is 5.91. The molecular formula is C27H22N6OS. The first-order chi connectivity index (χ1) is 17.3. The lowest BCUT2D eigenvalue weighted by Gasteiger charge is -2.23. The number of aromatic nitrogens is 5. The first kappa shape index (κ1) is 21.4. The van der Waals surface area contributed by atoms with Gasteiger partial charge in [-0.2, -0.15) is 14.9 Å². The van der Waals surface area contributed by atoms with Gasteiger partial charge in [0.1, 0.15) is 11.4 Å². The van der Waals surface area contributed by atoms with E-state index in [1.165, 1.54) is 5.56 Å². The number of nitrogens with zero attached hydrogens (tertiary/aromatic N) is 5. The highest BCUT2D eigenvalue weighted by Gasteiger charge is 2.30. The highest BCUT2D eigenvalue weighted by atomic mass is 32.2. The van der Waals surface area contributed by atoms with E-state index in [2.05, 4.69) is 56.8 Å². The number of thioether (sulfide) groups is 1. The van der Waals surface area contributed by atoms with Gasteiger partial charge in [0.2, 0.25) is 11.0 Å². The summed E-state index contributed by atoms with van der Waals surface area (Å²) in [6.45, 7) is 0. The molecule has 1 atom stereocenters. The zero-order valence-electron chi connectivity index (χ0n) is 19.0. The average Bonchev–Trinajstić information content (AvgIpc) is 3.56. The molecule has 1 aliphatic rings. The number of ether oxygens (including phenoxy) is 1. The van der Waals surface area contributed by atoms with Crippen molar-refractivity contribution in [1.82, 2.24) is 25.1 Å². The van der Waals surface area contributed by atoms with Crippen LogP contribution in [0.4, 0.5) is 0 Å². The first-order valence-electron chi connectivity index (χ1n) is 11.3. The van der Waals surface area contributed by atoms with Crippen molar-refractivity contribution in [3.63, 3.8) is 0 Å². The van der Waals surface area contributed by atoms with Crippen LogP contribution in [0.3, 0.4) is 0 Å². The second-order valence-corrected chi connectivity index (χ2v) is 9.33. The molecule has 3 heterocycles. The zero-order chi connectivity index (χ0) is 23.6. The van der Waals surface area contributed by atoms with E-state index in [0.29, 0.717) is 5.82 Å². The van der Waals surface area contributed by atoms with Crippen molar-refractivity contribution in [3.05, 3.63) is 102 Å². The summed E-state index contributed by atoms with van der Waals surface area (Å²) in [7, 11) is 1.67. The van der Waals surface area contributed by atoms with E-state index in [9.17, 15) is 0 Å². The van der Waals surface area contributed by atoms with Crippen LogP contribution < -0.4 is 4.74 Å². The van der Waals surface area contributed by atoms with Crippen molar-refractivity contribution in [2.75, 3.05) is 7.11 Å². The summed E-state index contributed by atoms with van der Waals surface area (Å²) < 4.78 is 7.17. The van der Waals surface area contributed by atoms with Gasteiger partial charge in [0, 0.05) is 5.56 Å². The topological polar surface area (TPSA) is 81.0 Å². The minimum atomic E-state index is 0.0944. The lowest BCUT2D eigenvalue weighted by molar-refractivity contribution is 0.415. The van der Waals surface area contributed by atoms with E-state index in [1.54, 1.807) is 18.9 Å². The Bertz CT molecular complexity index is 1480. The Hall–Kier alpha value is -4.17. The normalized spacial score (nSPS) is 14.9. The van der Waals surface area contributed by atoms with E-state index < -0.39 is 0 Å². The molecule has 1 unspecified atom stereocenters. The predicted molar refractivity (Wildman–Crippen MR) is 138 cm³/mol. The Labute approximate surface area is 206 Å². The SMILES string of the molecule is COc1ccc(C2=Nn3c(nnc3-c3cc(-c4ccccc4)n[nH]3)SC2Cc2ccccc2)cc1. The van der Waals surface area contributed by atoms with Gasteiger partial charge in [-0.1, -0.05) is 72.4 Å². The van der Waals surface area contributed by atoms with Crippen molar-refractivity contribution in [2.24, 2.45) is 5.10 Å². The molecule has 35 heavy (non-hydrogen) atoms. The molecule has 6 rings (SSSR count). The van der Waals surface area contributed by atoms with Crippen molar-refractivity contribution in [2.45, 2.75) is 16.8 Å². The monoisotopic (exact) mass is 478 g/mol. The minimum absolute atomic E-state index is 0.0944. The summed E-state index contributed by atoms with van der Waals surface area (Å²) in [6, 6.07) is 30.5. The van der Waals surface area contributed by atoms with Crippen LogP contribution in [0.5, 0.6) is 5.75 Å². The highest BCUT2D eigenvalue weighted by Crippen LogP contribution is 2.35. The number of hydrogen-bond donors (Lipinski definition) is 1. The van der Waals surface area contributed by atoms with Crippen LogP contribution >= 0.6 is 11.8 Å². The molecule has 0 saturated heterocycles. The van der Waals surface area contributed by atoms with E-state index in [1.807, 2.05) is 59.3 Å². The zero-order valence-corrected chi connectivity index (χ0v) is 19.8. The standard InChI is InChI=1S/C27H22N6OS/c1-34-21-14-12-20(13-15-21)25-24(16-18-8-4-2-5-9-18)35-27-31-30-26(33(27)32-25)23-17-22(28-29-23)19-10-6-3-7-11-19/h2-15,17,24H,16H2,1H3,(H,28,29). The van der Waals surface area contributed by atoms with Gasteiger partial charge < -0.3 is 4.74 Å². The fourth-order valence-electron chi connectivity index (χ4n) is 4.12. The maximum absolute atomic E-state index is 5.36. The average molecular weight is 479 g/mol. The fourth-order valence-corrected chi connectivity index (χ4v) is 5.26. The first-order valence-corrected chi connectivity index (χ1v) is 12.2. The number of fused-ring (bicyclic) bond motifs is 1. The molecule has 2 aromatic heterocycles. The van der Waals surface area contributed by atoms with Gasteiger partial charge in [0.25, 0.3) is 0 Å². The van der Waals surface area contributed by atoms with Gasteiger partial charge in [-0.3, -0.25) is 5.10 Å². The maximum Gasteiger partial charge on any atom is 0.213 e. The molecule has 0 aliphatic carbocycles. The number of benzene rings is 3. The van der Waals surface area contributed by atoms with E-state index in [0.717, 1.165) is 45.6 Å². The number of aromatic amines is 1. The maximum atomic E-state index is 5.36. The van der Waals surface area contributed by atoms with Crippen molar-refractivity contribution in [1.29, 1.82) is 0 Å². The number of hydrogen-bond acceptors (Lipinski definition) is 6. The van der Waals surface area contributed by atoms with Crippen molar-refractivity contribution >= 4 is 17.5 Å². The summed E-state index contributed by atoms with van der Waals surface area (Å²) in [4.78, 5) is 0. The van der Waals surface area contributed by atoms with Gasteiger partial charge in [-0.25, -0.2) is 0 Å². The molecule has 1 N–H and O–H groups in total. The van der Waals surface area contributed by atoms with E-state index >= 15 is 0 Å². The highest BCUT2D eigenvalue weighted by molar-refractivity contribution is 8.00. The molecule has 5 aromatic rings. The van der Waals surface area contributed by atoms with Crippen LogP contribution in [0.25, 0.3) is 22.8 Å². The molecule has 8 heteroatoms. The van der Waals surface area contributed by atoms with Crippen molar-refractivity contribution in [3.8, 4) is 28.5 Å². The van der Waals surface area contributed by atoms with Crippen LogP contribution in [-0.2, 0) is 6.42 Å².